The Morgan fingerprint density at radius 1 is 1.56 bits per heavy atom. The van der Waals surface area contributed by atoms with E-state index >= 15 is 0 Å². The molecule has 1 aliphatic rings. The van der Waals surface area contributed by atoms with Crippen LogP contribution in [0, 0.1) is 11.3 Å². The van der Waals surface area contributed by atoms with Crippen LogP contribution < -0.4 is 5.73 Å². The minimum atomic E-state index is 0.352. The molecule has 1 aromatic rings. The van der Waals surface area contributed by atoms with Gasteiger partial charge in [0.25, 0.3) is 0 Å². The summed E-state index contributed by atoms with van der Waals surface area (Å²) in [6.07, 6.45) is 8.53. The van der Waals surface area contributed by atoms with Crippen LogP contribution in [0.1, 0.15) is 38.9 Å². The topological polar surface area (TPSA) is 43.8 Å². The lowest BCUT2D eigenvalue weighted by molar-refractivity contribution is 0.155. The molecule has 1 saturated carbocycles. The first-order chi connectivity index (χ1) is 7.48. The standard InChI is InChI=1S/C13H23N3/c1-13(2)5-4-11(14)10(9-13)8-12-15-6-7-16(12)3/h6-7,10-11H,4-5,8-9,14H2,1-3H3. The summed E-state index contributed by atoms with van der Waals surface area (Å²) in [6.45, 7) is 4.70. The summed E-state index contributed by atoms with van der Waals surface area (Å²) in [4.78, 5) is 4.40. The summed E-state index contributed by atoms with van der Waals surface area (Å²) in [6, 6.07) is 0.352. The molecule has 0 aromatic carbocycles. The van der Waals surface area contributed by atoms with Gasteiger partial charge in [-0.05, 0) is 30.6 Å². The van der Waals surface area contributed by atoms with Gasteiger partial charge >= 0.3 is 0 Å². The fraction of sp³-hybridized carbons (Fsp3) is 0.769. The maximum Gasteiger partial charge on any atom is 0.108 e. The molecule has 0 aliphatic heterocycles. The van der Waals surface area contributed by atoms with Gasteiger partial charge in [-0.1, -0.05) is 13.8 Å². The molecule has 2 N–H and O–H groups in total. The number of hydrogen-bond donors (Lipinski definition) is 1. The third-order valence-corrected chi connectivity index (χ3v) is 3.94. The maximum absolute atomic E-state index is 6.23. The van der Waals surface area contributed by atoms with E-state index in [1.54, 1.807) is 0 Å². The smallest absolute Gasteiger partial charge is 0.108 e. The second-order valence-corrected chi connectivity index (χ2v) is 5.99. The van der Waals surface area contributed by atoms with E-state index in [1.807, 2.05) is 12.4 Å². The SMILES string of the molecule is Cn1ccnc1CC1CC(C)(C)CCC1N. The maximum atomic E-state index is 6.23. The van der Waals surface area contributed by atoms with E-state index in [0.717, 1.165) is 18.7 Å². The van der Waals surface area contributed by atoms with Gasteiger partial charge in [0.2, 0.25) is 0 Å². The van der Waals surface area contributed by atoms with E-state index in [0.29, 0.717) is 17.4 Å². The molecule has 1 aliphatic carbocycles. The summed E-state index contributed by atoms with van der Waals surface area (Å²) >= 11 is 0. The van der Waals surface area contributed by atoms with E-state index in [-0.39, 0.29) is 0 Å². The van der Waals surface area contributed by atoms with Crippen molar-refractivity contribution in [2.75, 3.05) is 0 Å². The second-order valence-electron chi connectivity index (χ2n) is 5.99. The van der Waals surface area contributed by atoms with E-state index < -0.39 is 0 Å². The lowest BCUT2D eigenvalue weighted by Gasteiger charge is -2.39. The number of aromatic nitrogens is 2. The molecule has 1 aromatic heterocycles. The average Bonchev–Trinajstić information content (AvgIpc) is 2.58. The lowest BCUT2D eigenvalue weighted by Crippen LogP contribution is -2.40. The summed E-state index contributed by atoms with van der Waals surface area (Å²) < 4.78 is 2.11. The van der Waals surface area contributed by atoms with Crippen molar-refractivity contribution in [3.8, 4) is 0 Å². The number of nitrogens with two attached hydrogens (primary N) is 1. The minimum absolute atomic E-state index is 0.352. The number of aryl methyl sites for hydroxylation is 1. The zero-order chi connectivity index (χ0) is 11.8. The molecule has 0 bridgehead atoms. The van der Waals surface area contributed by atoms with Gasteiger partial charge in [-0.2, -0.15) is 0 Å². The van der Waals surface area contributed by atoms with Crippen LogP contribution >= 0.6 is 0 Å². The van der Waals surface area contributed by atoms with Gasteiger partial charge in [0.1, 0.15) is 5.82 Å². The Bertz CT molecular complexity index is 354. The predicted octanol–water partition coefficient (Wildman–Crippen LogP) is 2.12. The number of hydrogen-bond acceptors (Lipinski definition) is 2. The van der Waals surface area contributed by atoms with Crippen LogP contribution in [0.15, 0.2) is 12.4 Å². The van der Waals surface area contributed by atoms with Gasteiger partial charge in [0.15, 0.2) is 0 Å². The molecule has 1 fully saturated rings. The molecule has 0 amide bonds. The van der Waals surface area contributed by atoms with Crippen molar-refractivity contribution in [1.29, 1.82) is 0 Å². The Balaban J connectivity index is 2.06. The molecule has 1 heterocycles. The third-order valence-electron chi connectivity index (χ3n) is 3.94. The molecule has 90 valence electrons. The first kappa shape index (κ1) is 11.6. The number of imidazole rings is 1. The Morgan fingerprint density at radius 2 is 2.31 bits per heavy atom. The van der Waals surface area contributed by atoms with Gasteiger partial charge in [-0.25, -0.2) is 4.98 Å². The van der Waals surface area contributed by atoms with Gasteiger partial charge in [-0.3, -0.25) is 0 Å². The molecule has 0 spiro atoms. The Kier molecular flexibility index (Phi) is 3.06. The van der Waals surface area contributed by atoms with Gasteiger partial charge in [0.05, 0.1) is 0 Å². The van der Waals surface area contributed by atoms with Crippen molar-refractivity contribution in [2.24, 2.45) is 24.1 Å². The van der Waals surface area contributed by atoms with Crippen LogP contribution in [0.3, 0.4) is 0 Å². The Labute approximate surface area is 98.1 Å². The van der Waals surface area contributed by atoms with Gasteiger partial charge in [0, 0.05) is 31.9 Å². The van der Waals surface area contributed by atoms with Crippen LogP contribution in [0.5, 0.6) is 0 Å². The molecule has 2 atom stereocenters. The summed E-state index contributed by atoms with van der Waals surface area (Å²) in [5.74, 6) is 1.75. The van der Waals surface area contributed by atoms with Crippen molar-refractivity contribution in [3.05, 3.63) is 18.2 Å². The fourth-order valence-corrected chi connectivity index (χ4v) is 2.81. The van der Waals surface area contributed by atoms with Crippen molar-refractivity contribution >= 4 is 0 Å². The molecule has 0 radical (unpaired) electrons. The molecule has 2 unspecified atom stereocenters. The third kappa shape index (κ3) is 2.46. The highest BCUT2D eigenvalue weighted by Crippen LogP contribution is 2.39. The summed E-state index contributed by atoms with van der Waals surface area (Å²) in [7, 11) is 2.06. The van der Waals surface area contributed by atoms with Crippen molar-refractivity contribution in [3.63, 3.8) is 0 Å². The summed E-state index contributed by atoms with van der Waals surface area (Å²) in [5.41, 5.74) is 6.68. The zero-order valence-electron chi connectivity index (χ0n) is 10.6. The summed E-state index contributed by atoms with van der Waals surface area (Å²) in [5, 5.41) is 0. The van der Waals surface area contributed by atoms with Crippen molar-refractivity contribution in [1.82, 2.24) is 9.55 Å². The first-order valence-electron chi connectivity index (χ1n) is 6.20. The highest BCUT2D eigenvalue weighted by molar-refractivity contribution is 4.97. The minimum Gasteiger partial charge on any atom is -0.338 e. The molecule has 3 heteroatoms. The zero-order valence-corrected chi connectivity index (χ0v) is 10.6. The molecular formula is C13H23N3. The van der Waals surface area contributed by atoms with Gasteiger partial charge < -0.3 is 10.3 Å². The van der Waals surface area contributed by atoms with Crippen LogP contribution in [0.2, 0.25) is 0 Å². The van der Waals surface area contributed by atoms with Crippen molar-refractivity contribution < 1.29 is 0 Å². The van der Waals surface area contributed by atoms with Crippen LogP contribution in [-0.2, 0) is 13.5 Å². The van der Waals surface area contributed by atoms with E-state index in [2.05, 4.69) is 30.4 Å². The fourth-order valence-electron chi connectivity index (χ4n) is 2.81. The molecule has 3 nitrogen and oxygen atoms in total. The van der Waals surface area contributed by atoms with E-state index in [4.69, 9.17) is 5.73 Å². The molecular weight excluding hydrogens is 198 g/mol. The first-order valence-corrected chi connectivity index (χ1v) is 6.20. The Hall–Kier alpha value is -0.830. The van der Waals surface area contributed by atoms with Crippen LogP contribution in [0.4, 0.5) is 0 Å². The average molecular weight is 221 g/mol. The quantitative estimate of drug-likeness (QED) is 0.831. The Morgan fingerprint density at radius 3 is 2.94 bits per heavy atom. The number of nitrogens with zero attached hydrogens (tertiary/aromatic N) is 2. The highest BCUT2D eigenvalue weighted by atomic mass is 15.0. The van der Waals surface area contributed by atoms with Crippen molar-refractivity contribution in [2.45, 2.75) is 45.6 Å². The van der Waals surface area contributed by atoms with E-state index in [1.165, 1.54) is 12.8 Å². The largest absolute Gasteiger partial charge is 0.338 e. The van der Waals surface area contributed by atoms with Gasteiger partial charge in [-0.15, -0.1) is 0 Å². The predicted molar refractivity (Wildman–Crippen MR) is 66.0 cm³/mol. The van der Waals surface area contributed by atoms with Crippen LogP contribution in [-0.4, -0.2) is 15.6 Å². The number of rotatable bonds is 2. The highest BCUT2D eigenvalue weighted by Gasteiger charge is 2.33. The molecule has 0 saturated heterocycles. The second kappa shape index (κ2) is 4.21. The monoisotopic (exact) mass is 221 g/mol. The molecule has 2 rings (SSSR count). The van der Waals surface area contributed by atoms with E-state index in [9.17, 15) is 0 Å². The lowest BCUT2D eigenvalue weighted by atomic mass is 9.69. The normalized spacial score (nSPS) is 29.2. The molecule has 16 heavy (non-hydrogen) atoms. The van der Waals surface area contributed by atoms with Crippen LogP contribution in [0.25, 0.3) is 0 Å².